The van der Waals surface area contributed by atoms with Crippen molar-refractivity contribution in [3.05, 3.63) is 66.2 Å². The van der Waals surface area contributed by atoms with E-state index < -0.39 is 0 Å². The van der Waals surface area contributed by atoms with Crippen LogP contribution < -0.4 is 4.74 Å². The predicted octanol–water partition coefficient (Wildman–Crippen LogP) is 5.05. The SMILES string of the molecule is C=C(C)C(=O)OCCCc1ccc2c(ccc3cc(OC)ccc32)c1. The van der Waals surface area contributed by atoms with Crippen LogP contribution in [0.4, 0.5) is 0 Å². The van der Waals surface area contributed by atoms with E-state index >= 15 is 0 Å². The summed E-state index contributed by atoms with van der Waals surface area (Å²) in [6.07, 6.45) is 1.68. The van der Waals surface area contributed by atoms with Gasteiger partial charge in [-0.2, -0.15) is 0 Å². The Hall–Kier alpha value is -2.81. The third kappa shape index (κ3) is 3.82. The van der Waals surface area contributed by atoms with Gasteiger partial charge >= 0.3 is 5.97 Å². The first kappa shape index (κ1) is 17.0. The fourth-order valence-electron chi connectivity index (χ4n) is 2.95. The number of rotatable bonds is 6. The second-order valence-corrected chi connectivity index (χ2v) is 6.23. The van der Waals surface area contributed by atoms with Gasteiger partial charge in [0.15, 0.2) is 0 Å². The zero-order chi connectivity index (χ0) is 17.8. The standard InChI is InChI=1S/C22H22O3/c1-15(2)22(23)25-12-4-5-16-6-10-20-17(13-16)7-8-18-14-19(24-3)9-11-21(18)20/h6-11,13-14H,1,4-5,12H2,2-3H3. The molecule has 3 rings (SSSR count). The Balaban J connectivity index is 1.75. The second-order valence-electron chi connectivity index (χ2n) is 6.23. The van der Waals surface area contributed by atoms with Crippen LogP contribution in [0.15, 0.2) is 60.7 Å². The van der Waals surface area contributed by atoms with E-state index in [1.165, 1.54) is 27.1 Å². The maximum atomic E-state index is 11.4. The van der Waals surface area contributed by atoms with Crippen LogP contribution in [-0.4, -0.2) is 19.7 Å². The predicted molar refractivity (Wildman–Crippen MR) is 102 cm³/mol. The van der Waals surface area contributed by atoms with Crippen molar-refractivity contribution in [1.82, 2.24) is 0 Å². The summed E-state index contributed by atoms with van der Waals surface area (Å²) in [7, 11) is 1.68. The van der Waals surface area contributed by atoms with E-state index in [0.29, 0.717) is 12.2 Å². The van der Waals surface area contributed by atoms with Gasteiger partial charge in [0.1, 0.15) is 5.75 Å². The van der Waals surface area contributed by atoms with E-state index in [9.17, 15) is 4.79 Å². The lowest BCUT2D eigenvalue weighted by Gasteiger charge is -2.09. The van der Waals surface area contributed by atoms with Crippen LogP contribution >= 0.6 is 0 Å². The number of benzene rings is 3. The summed E-state index contributed by atoms with van der Waals surface area (Å²) in [4.78, 5) is 11.4. The first-order valence-corrected chi connectivity index (χ1v) is 8.40. The lowest BCUT2D eigenvalue weighted by molar-refractivity contribution is -0.139. The van der Waals surface area contributed by atoms with Gasteiger partial charge in [0.2, 0.25) is 0 Å². The molecule has 0 heterocycles. The molecule has 3 heteroatoms. The average Bonchev–Trinajstić information content (AvgIpc) is 2.64. The van der Waals surface area contributed by atoms with Gasteiger partial charge in [0, 0.05) is 5.57 Å². The summed E-state index contributed by atoms with van der Waals surface area (Å²) in [5.74, 6) is 0.549. The van der Waals surface area contributed by atoms with Crippen molar-refractivity contribution >= 4 is 27.5 Å². The molecule has 0 aliphatic heterocycles. The van der Waals surface area contributed by atoms with Gasteiger partial charge < -0.3 is 9.47 Å². The fourth-order valence-corrected chi connectivity index (χ4v) is 2.95. The highest BCUT2D eigenvalue weighted by molar-refractivity contribution is 6.07. The zero-order valence-electron chi connectivity index (χ0n) is 14.7. The normalized spacial score (nSPS) is 10.8. The van der Waals surface area contributed by atoms with E-state index in [2.05, 4.69) is 49.0 Å². The van der Waals surface area contributed by atoms with Crippen molar-refractivity contribution in [2.45, 2.75) is 19.8 Å². The molecule has 0 fully saturated rings. The number of fused-ring (bicyclic) bond motifs is 3. The minimum absolute atomic E-state index is 0.319. The Bertz CT molecular complexity index is 941. The maximum absolute atomic E-state index is 11.4. The molecule has 128 valence electrons. The number of carbonyl (C=O) groups is 1. The molecule has 0 aliphatic rings. The third-order valence-electron chi connectivity index (χ3n) is 4.30. The smallest absolute Gasteiger partial charge is 0.333 e. The Morgan fingerprint density at radius 2 is 1.68 bits per heavy atom. The van der Waals surface area contributed by atoms with Gasteiger partial charge in [-0.05, 0) is 59.0 Å². The second kappa shape index (κ2) is 7.39. The van der Waals surface area contributed by atoms with Crippen LogP contribution in [-0.2, 0) is 16.0 Å². The number of methoxy groups -OCH3 is 1. The van der Waals surface area contributed by atoms with Gasteiger partial charge in [-0.15, -0.1) is 0 Å². The van der Waals surface area contributed by atoms with Gasteiger partial charge in [-0.1, -0.05) is 43.0 Å². The lowest BCUT2D eigenvalue weighted by Crippen LogP contribution is -2.06. The average molecular weight is 334 g/mol. The molecule has 0 radical (unpaired) electrons. The zero-order valence-corrected chi connectivity index (χ0v) is 14.7. The van der Waals surface area contributed by atoms with Crippen LogP contribution in [0.2, 0.25) is 0 Å². The topological polar surface area (TPSA) is 35.5 Å². The van der Waals surface area contributed by atoms with Crippen LogP contribution in [0.3, 0.4) is 0 Å². The van der Waals surface area contributed by atoms with Crippen LogP contribution in [0, 0.1) is 0 Å². The highest BCUT2D eigenvalue weighted by Gasteiger charge is 2.05. The Kier molecular flexibility index (Phi) is 5.03. The van der Waals surface area contributed by atoms with Gasteiger partial charge in [-0.3, -0.25) is 0 Å². The molecule has 0 saturated carbocycles. The molecule has 0 bridgehead atoms. The van der Waals surface area contributed by atoms with E-state index in [4.69, 9.17) is 9.47 Å². The molecule has 3 nitrogen and oxygen atoms in total. The van der Waals surface area contributed by atoms with Crippen LogP contribution in [0.5, 0.6) is 5.75 Å². The van der Waals surface area contributed by atoms with Crippen LogP contribution in [0.1, 0.15) is 18.9 Å². The summed E-state index contributed by atoms with van der Waals surface area (Å²) in [6.45, 7) is 5.66. The number of carbonyl (C=O) groups excluding carboxylic acids is 1. The molecule has 0 aliphatic carbocycles. The highest BCUT2D eigenvalue weighted by Crippen LogP contribution is 2.29. The van der Waals surface area contributed by atoms with E-state index in [1.54, 1.807) is 14.0 Å². The summed E-state index contributed by atoms with van der Waals surface area (Å²) < 4.78 is 10.4. The summed E-state index contributed by atoms with van der Waals surface area (Å²) in [5, 5.41) is 4.85. The summed E-state index contributed by atoms with van der Waals surface area (Å²) >= 11 is 0. The van der Waals surface area contributed by atoms with Crippen molar-refractivity contribution < 1.29 is 14.3 Å². The highest BCUT2D eigenvalue weighted by atomic mass is 16.5. The van der Waals surface area contributed by atoms with E-state index in [-0.39, 0.29) is 5.97 Å². The third-order valence-corrected chi connectivity index (χ3v) is 4.30. The number of ether oxygens (including phenoxy) is 2. The van der Waals surface area contributed by atoms with Crippen molar-refractivity contribution in [3.8, 4) is 5.75 Å². The van der Waals surface area contributed by atoms with Crippen molar-refractivity contribution in [3.63, 3.8) is 0 Å². The monoisotopic (exact) mass is 334 g/mol. The van der Waals surface area contributed by atoms with Gasteiger partial charge in [0.25, 0.3) is 0 Å². The minimum Gasteiger partial charge on any atom is -0.497 e. The Labute approximate surface area is 147 Å². The molecule has 0 spiro atoms. The molecule has 0 saturated heterocycles. The van der Waals surface area contributed by atoms with Crippen molar-refractivity contribution in [2.75, 3.05) is 13.7 Å². The van der Waals surface area contributed by atoms with Gasteiger partial charge in [0.05, 0.1) is 13.7 Å². The largest absolute Gasteiger partial charge is 0.497 e. The van der Waals surface area contributed by atoms with Crippen LogP contribution in [0.25, 0.3) is 21.5 Å². The fraction of sp³-hybridized carbons (Fsp3) is 0.227. The lowest BCUT2D eigenvalue weighted by atomic mass is 9.98. The number of hydrogen-bond donors (Lipinski definition) is 0. The molecular weight excluding hydrogens is 312 g/mol. The quantitative estimate of drug-likeness (QED) is 0.274. The molecule has 0 unspecified atom stereocenters. The summed E-state index contributed by atoms with van der Waals surface area (Å²) in [6, 6.07) is 16.9. The molecule has 0 atom stereocenters. The van der Waals surface area contributed by atoms with Crippen molar-refractivity contribution in [2.24, 2.45) is 0 Å². The first-order valence-electron chi connectivity index (χ1n) is 8.40. The molecule has 0 aromatic heterocycles. The number of hydrogen-bond acceptors (Lipinski definition) is 3. The molecule has 0 N–H and O–H groups in total. The molecule has 25 heavy (non-hydrogen) atoms. The molecule has 3 aromatic carbocycles. The summed E-state index contributed by atoms with van der Waals surface area (Å²) in [5.41, 5.74) is 1.68. The molecule has 3 aromatic rings. The van der Waals surface area contributed by atoms with Crippen molar-refractivity contribution in [1.29, 1.82) is 0 Å². The number of aryl methyl sites for hydroxylation is 1. The number of esters is 1. The van der Waals surface area contributed by atoms with E-state index in [1.807, 2.05) is 6.07 Å². The maximum Gasteiger partial charge on any atom is 0.333 e. The first-order chi connectivity index (χ1) is 12.1. The Morgan fingerprint density at radius 1 is 1.00 bits per heavy atom. The van der Waals surface area contributed by atoms with Gasteiger partial charge in [-0.25, -0.2) is 4.79 Å². The van der Waals surface area contributed by atoms with E-state index in [0.717, 1.165) is 18.6 Å². The Morgan fingerprint density at radius 3 is 2.36 bits per heavy atom. The molecular formula is C22H22O3. The molecule has 0 amide bonds. The minimum atomic E-state index is -0.319.